The second-order valence-corrected chi connectivity index (χ2v) is 16.9. The molecule has 1 rings (SSSR count). The maximum atomic E-state index is 14.1. The van der Waals surface area contributed by atoms with Gasteiger partial charge in [0, 0.05) is 29.8 Å². The lowest BCUT2D eigenvalue weighted by Gasteiger charge is -2.28. The van der Waals surface area contributed by atoms with Crippen molar-refractivity contribution in [1.29, 1.82) is 0 Å². The molecule has 0 fully saturated rings. The third kappa shape index (κ3) is 21.1. The van der Waals surface area contributed by atoms with Crippen LogP contribution in [0.25, 0.3) is 0 Å². The second kappa shape index (κ2) is 29.7. The Morgan fingerprint density at radius 3 is 1.54 bits per heavy atom. The fraction of sp³-hybridized carbons (Fsp3) is 0.676. The molecule has 0 bridgehead atoms. The van der Waals surface area contributed by atoms with Gasteiger partial charge in [-0.1, -0.05) is 27.7 Å². The molecule has 0 unspecified atom stereocenters. The van der Waals surface area contributed by atoms with E-state index in [4.69, 9.17) is 10.8 Å². The average molecular weight is 950 g/mol. The molecule has 8 atom stereocenters. The number of carbonyl (C=O) groups excluding carboxylic acids is 8. The molecule has 0 aromatic carbocycles. The molecule has 1 aromatic heterocycles. The molecule has 23 nitrogen and oxygen atoms in total. The molecule has 0 saturated heterocycles. The van der Waals surface area contributed by atoms with E-state index >= 15 is 0 Å². The van der Waals surface area contributed by atoms with Crippen molar-refractivity contribution in [2.45, 2.75) is 102 Å². The second-order valence-electron chi connectivity index (χ2n) is 15.2. The Morgan fingerprint density at radius 2 is 1.08 bits per heavy atom. The maximum Gasteiger partial charge on any atom is 0.322 e. The Bertz CT molecular complexity index is 1680. The molecule has 26 heteroatoms. The minimum absolute atomic E-state index is 0.0317. The van der Waals surface area contributed by atoms with Gasteiger partial charge in [-0.05, 0) is 43.1 Å². The number of aliphatic hydroxyl groups is 2. The van der Waals surface area contributed by atoms with Crippen LogP contribution in [0.5, 0.6) is 0 Å². The van der Waals surface area contributed by atoms with Gasteiger partial charge in [-0.15, -0.1) is 0 Å². The summed E-state index contributed by atoms with van der Waals surface area (Å²) in [6, 6.07) is -10.6. The molecule has 0 spiro atoms. The summed E-state index contributed by atoms with van der Waals surface area (Å²) < 4.78 is 0. The number of hydrogen-bond donors (Lipinski definition) is 15. The van der Waals surface area contributed by atoms with Gasteiger partial charge in [0.2, 0.25) is 47.3 Å². The van der Waals surface area contributed by atoms with Crippen molar-refractivity contribution >= 4 is 90.2 Å². The van der Waals surface area contributed by atoms with Gasteiger partial charge in [-0.2, -0.15) is 37.0 Å². The van der Waals surface area contributed by atoms with E-state index in [0.29, 0.717) is 11.4 Å². The number of amides is 8. The predicted octanol–water partition coefficient (Wildman–Crippen LogP) is -4.44. The van der Waals surface area contributed by atoms with Crippen molar-refractivity contribution in [2.24, 2.45) is 17.6 Å². The summed E-state index contributed by atoms with van der Waals surface area (Å²) in [6.45, 7) is 4.66. The van der Waals surface area contributed by atoms with Crippen LogP contribution in [-0.2, 0) is 49.6 Å². The zero-order chi connectivity index (χ0) is 47.8. The summed E-state index contributed by atoms with van der Waals surface area (Å²) in [4.78, 5) is 124. The van der Waals surface area contributed by atoms with Gasteiger partial charge in [0.15, 0.2) is 0 Å². The van der Waals surface area contributed by atoms with Crippen LogP contribution < -0.4 is 48.3 Å². The van der Waals surface area contributed by atoms with Crippen molar-refractivity contribution in [1.82, 2.24) is 52.5 Å². The van der Waals surface area contributed by atoms with Crippen molar-refractivity contribution in [3.63, 3.8) is 0 Å². The first-order valence-electron chi connectivity index (χ1n) is 20.0. The van der Waals surface area contributed by atoms with E-state index < -0.39 is 121 Å². The van der Waals surface area contributed by atoms with Crippen LogP contribution in [0.1, 0.15) is 52.7 Å². The lowest BCUT2D eigenvalue weighted by Crippen LogP contribution is -2.61. The quantitative estimate of drug-likeness (QED) is 0.0324. The van der Waals surface area contributed by atoms with Crippen LogP contribution >= 0.6 is 37.0 Å². The number of H-pyrrole nitrogens is 1. The highest BCUT2D eigenvalue weighted by molar-refractivity contribution is 7.98. The third-order valence-electron chi connectivity index (χ3n) is 8.93. The molecule has 63 heavy (non-hydrogen) atoms. The number of aliphatic hydroxyl groups excluding tert-OH is 2. The van der Waals surface area contributed by atoms with E-state index in [-0.39, 0.29) is 49.0 Å². The number of rotatable bonds is 30. The van der Waals surface area contributed by atoms with E-state index in [2.05, 4.69) is 72.4 Å². The highest BCUT2D eigenvalue weighted by atomic mass is 32.2. The molecular formula is C37H63N11O12S3. The van der Waals surface area contributed by atoms with E-state index in [0.717, 1.165) is 0 Å². The SMILES string of the molecule is CSCC[C@H](NC(=O)[C@H](CO)NC(=O)[C@@H](N)CS)C(=O)N[C@@H](CC(C)C)C(=O)N[C@@H](Cc1cnc[nH]1)C(=O)N[C@@H](CC(C)C)C(=O)N[C@@H](CS)C(=O)N[C@@H](CO)C(=O)NCC(=O)O. The molecule has 14 N–H and O–H groups in total. The Morgan fingerprint density at radius 1 is 0.651 bits per heavy atom. The van der Waals surface area contributed by atoms with Gasteiger partial charge in [0.25, 0.3) is 0 Å². The fourth-order valence-corrected chi connectivity index (χ4v) is 6.49. The number of imidazole rings is 1. The van der Waals surface area contributed by atoms with Gasteiger partial charge in [-0.25, -0.2) is 4.98 Å². The molecule has 0 aliphatic heterocycles. The molecule has 0 radical (unpaired) electrons. The first-order chi connectivity index (χ1) is 29.7. The highest BCUT2D eigenvalue weighted by Gasteiger charge is 2.35. The number of carboxylic acid groups (broad SMARTS) is 1. The van der Waals surface area contributed by atoms with E-state index in [1.54, 1.807) is 34.0 Å². The normalized spacial score (nSPS) is 15.0. The Balaban J connectivity index is 3.35. The van der Waals surface area contributed by atoms with Crippen LogP contribution in [0.3, 0.4) is 0 Å². The van der Waals surface area contributed by atoms with Crippen LogP contribution in [0, 0.1) is 11.8 Å². The van der Waals surface area contributed by atoms with Crippen molar-refractivity contribution in [2.75, 3.05) is 43.3 Å². The van der Waals surface area contributed by atoms with Gasteiger partial charge in [0.05, 0.1) is 25.6 Å². The van der Waals surface area contributed by atoms with Gasteiger partial charge in [-0.3, -0.25) is 43.2 Å². The summed E-state index contributed by atoms with van der Waals surface area (Å²) >= 11 is 9.47. The molecule has 1 heterocycles. The number of nitrogens with one attached hydrogen (secondary N) is 9. The molecule has 0 saturated carbocycles. The summed E-state index contributed by atoms with van der Waals surface area (Å²) in [5.74, 6) is -8.40. The van der Waals surface area contributed by atoms with Crippen molar-refractivity contribution < 1.29 is 58.5 Å². The number of aromatic nitrogens is 2. The standard InChI is InChI=1S/C37H63N11O12S3/c1-18(2)8-23(43-32(55)22(6-7-63-5)42-36(59)27(14-50)46-30(53)21(38)15-61)33(56)45-25(10-20-11-39-17-41-20)35(58)44-24(9-19(3)4)34(57)48-28(16-62)37(60)47-26(13-49)31(54)40-12-29(51)52/h11,17-19,21-28,49-50,61-62H,6-10,12-16,38H2,1-5H3,(H,39,41)(H,40,54)(H,42,59)(H,43,55)(H,44,58)(H,45,56)(H,46,53)(H,47,60)(H,48,57)(H,51,52)/t21-,22-,23-,24-,25-,26-,27-,28-/m0/s1. The zero-order valence-corrected chi connectivity index (χ0v) is 38.4. The van der Waals surface area contributed by atoms with E-state index in [1.165, 1.54) is 24.3 Å². The lowest BCUT2D eigenvalue weighted by molar-refractivity contribution is -0.139. The molecule has 0 aliphatic carbocycles. The number of nitrogens with zero attached hydrogens (tertiary/aromatic N) is 1. The molecular weight excluding hydrogens is 887 g/mol. The molecule has 1 aromatic rings. The summed E-state index contributed by atoms with van der Waals surface area (Å²) in [5, 5.41) is 47.9. The van der Waals surface area contributed by atoms with Crippen molar-refractivity contribution in [3.05, 3.63) is 18.2 Å². The van der Waals surface area contributed by atoms with E-state index in [1.807, 2.05) is 5.32 Å². The van der Waals surface area contributed by atoms with Crippen molar-refractivity contribution in [3.8, 4) is 0 Å². The maximum absolute atomic E-state index is 14.1. The third-order valence-corrected chi connectivity index (χ3v) is 10.3. The first-order valence-corrected chi connectivity index (χ1v) is 22.6. The molecule has 8 amide bonds. The van der Waals surface area contributed by atoms with Crippen LogP contribution in [-0.4, -0.2) is 170 Å². The monoisotopic (exact) mass is 949 g/mol. The first kappa shape index (κ1) is 56.4. The Labute approximate surface area is 380 Å². The van der Waals surface area contributed by atoms with Crippen LogP contribution in [0.15, 0.2) is 12.5 Å². The van der Waals surface area contributed by atoms with E-state index in [9.17, 15) is 53.4 Å². The molecule has 0 aliphatic rings. The lowest BCUT2D eigenvalue weighted by atomic mass is 10.00. The summed E-state index contributed by atoms with van der Waals surface area (Å²) in [6.07, 6.45) is 4.64. The number of nitrogens with two attached hydrogens (primary N) is 1. The van der Waals surface area contributed by atoms with Crippen LogP contribution in [0.4, 0.5) is 0 Å². The van der Waals surface area contributed by atoms with Gasteiger partial charge in [0.1, 0.15) is 48.8 Å². The number of thiol groups is 2. The van der Waals surface area contributed by atoms with Crippen LogP contribution in [0.2, 0.25) is 0 Å². The minimum Gasteiger partial charge on any atom is -0.480 e. The van der Waals surface area contributed by atoms with Gasteiger partial charge >= 0.3 is 5.97 Å². The predicted molar refractivity (Wildman–Crippen MR) is 238 cm³/mol. The number of carbonyl (C=O) groups is 9. The number of carboxylic acids is 1. The largest absolute Gasteiger partial charge is 0.480 e. The topological polar surface area (TPSA) is 365 Å². The summed E-state index contributed by atoms with van der Waals surface area (Å²) in [5.41, 5.74) is 6.10. The number of thioether (sulfide) groups is 1. The average Bonchev–Trinajstić information content (AvgIpc) is 3.75. The fourth-order valence-electron chi connectivity index (χ4n) is 5.60. The minimum atomic E-state index is -1.56. The Kier molecular flexibility index (Phi) is 26.6. The summed E-state index contributed by atoms with van der Waals surface area (Å²) in [7, 11) is 0. The number of aromatic amines is 1. The Hall–Kier alpha value is -4.63. The smallest absolute Gasteiger partial charge is 0.322 e. The zero-order valence-electron chi connectivity index (χ0n) is 35.8. The number of aliphatic carboxylic acids is 1. The van der Waals surface area contributed by atoms with Gasteiger partial charge < -0.3 is 68.6 Å². The highest BCUT2D eigenvalue weighted by Crippen LogP contribution is 2.11. The molecule has 356 valence electrons. The number of hydrogen-bond acceptors (Lipinski definition) is 16.